The number of hydrogen-bond donors (Lipinski definition) is 0. The van der Waals surface area contributed by atoms with Gasteiger partial charge in [-0.2, -0.15) is 0 Å². The third-order valence-electron chi connectivity index (χ3n) is 8.21. The summed E-state index contributed by atoms with van der Waals surface area (Å²) < 4.78 is 37.5. The Labute approximate surface area is 257 Å². The maximum Gasteiger partial charge on any atom is 0.410 e. The second-order valence-electron chi connectivity index (χ2n) is 11.2. The van der Waals surface area contributed by atoms with Crippen molar-refractivity contribution in [3.8, 4) is 0 Å². The molecule has 0 bridgehead atoms. The first-order valence-corrected chi connectivity index (χ1v) is 16.4. The number of anilines is 1. The van der Waals surface area contributed by atoms with E-state index in [-0.39, 0.29) is 31.0 Å². The van der Waals surface area contributed by atoms with Crippen molar-refractivity contribution in [2.24, 2.45) is 0 Å². The average molecular weight is 612 g/mol. The lowest BCUT2D eigenvalue weighted by atomic mass is 9.92. The van der Waals surface area contributed by atoms with Gasteiger partial charge in [0.15, 0.2) is 0 Å². The lowest BCUT2D eigenvalue weighted by molar-refractivity contribution is 0.0264. The van der Waals surface area contributed by atoms with Crippen LogP contribution in [-0.4, -0.2) is 67.9 Å². The van der Waals surface area contributed by atoms with E-state index in [1.54, 1.807) is 4.90 Å². The zero-order valence-corrected chi connectivity index (χ0v) is 25.5. The van der Waals surface area contributed by atoms with Gasteiger partial charge in [-0.3, -0.25) is 4.90 Å². The van der Waals surface area contributed by atoms with E-state index in [1.807, 2.05) is 47.4 Å². The van der Waals surface area contributed by atoms with Gasteiger partial charge in [-0.15, -0.1) is 0 Å². The molecule has 44 heavy (non-hydrogen) atoms. The third kappa shape index (κ3) is 5.96. The van der Waals surface area contributed by atoms with E-state index in [9.17, 15) is 13.2 Å². The molecule has 0 aliphatic carbocycles. The minimum Gasteiger partial charge on any atom is -0.445 e. The summed E-state index contributed by atoms with van der Waals surface area (Å²) in [5, 5.41) is 1.99. The summed E-state index contributed by atoms with van der Waals surface area (Å²) in [6, 6.07) is 21.3. The number of ether oxygens (including phenoxy) is 2. The summed E-state index contributed by atoms with van der Waals surface area (Å²) in [5.74, 6) is 0.468. The van der Waals surface area contributed by atoms with Crippen molar-refractivity contribution in [1.29, 1.82) is 0 Å². The van der Waals surface area contributed by atoms with Gasteiger partial charge in [0.2, 0.25) is 21.5 Å². The Morgan fingerprint density at radius 2 is 1.84 bits per heavy atom. The lowest BCUT2D eigenvalue weighted by Gasteiger charge is -2.40. The summed E-state index contributed by atoms with van der Waals surface area (Å²) in [6.07, 6.45) is 0.693. The Bertz CT molecular complexity index is 1850. The van der Waals surface area contributed by atoms with Gasteiger partial charge in [-0.05, 0) is 34.4 Å². The highest BCUT2D eigenvalue weighted by Gasteiger charge is 2.37. The van der Waals surface area contributed by atoms with Crippen LogP contribution >= 0.6 is 0 Å². The summed E-state index contributed by atoms with van der Waals surface area (Å²) in [5.41, 5.74) is 4.40. The molecule has 3 heterocycles. The first-order chi connectivity index (χ1) is 21.2. The molecule has 1 amide bonds. The molecule has 1 fully saturated rings. The van der Waals surface area contributed by atoms with Gasteiger partial charge < -0.3 is 19.2 Å². The molecule has 6 rings (SSSR count). The monoisotopic (exact) mass is 611 g/mol. The van der Waals surface area contributed by atoms with Crippen LogP contribution < -0.4 is 4.90 Å². The number of benzene rings is 3. The van der Waals surface area contributed by atoms with Gasteiger partial charge in [-0.25, -0.2) is 29.8 Å². The average Bonchev–Trinajstić information content (AvgIpc) is 3.03. The van der Waals surface area contributed by atoms with Crippen LogP contribution in [0.4, 0.5) is 10.6 Å². The number of sulfone groups is 1. The van der Waals surface area contributed by atoms with Crippen LogP contribution in [0.1, 0.15) is 34.1 Å². The Hall–Kier alpha value is -4.53. The van der Waals surface area contributed by atoms with Crippen molar-refractivity contribution in [2.75, 3.05) is 37.3 Å². The molecule has 0 saturated carbocycles. The van der Waals surface area contributed by atoms with E-state index >= 15 is 0 Å². The van der Waals surface area contributed by atoms with Crippen molar-refractivity contribution < 1.29 is 22.7 Å². The summed E-state index contributed by atoms with van der Waals surface area (Å²) in [7, 11) is -3.73. The van der Waals surface area contributed by atoms with E-state index in [4.69, 9.17) is 16.0 Å². The molecule has 1 aromatic heterocycles. The maximum atomic E-state index is 13.1. The number of carbonyl (C=O) groups is 1. The largest absolute Gasteiger partial charge is 0.445 e. The molecule has 226 valence electrons. The van der Waals surface area contributed by atoms with Crippen LogP contribution in [0.5, 0.6) is 0 Å². The maximum absolute atomic E-state index is 13.1. The van der Waals surface area contributed by atoms with Gasteiger partial charge in [0.1, 0.15) is 18.5 Å². The third-order valence-corrected chi connectivity index (χ3v) is 9.05. The topological polar surface area (TPSA) is 106 Å². The van der Waals surface area contributed by atoms with Crippen LogP contribution in [0.2, 0.25) is 0 Å². The predicted octanol–water partition coefficient (Wildman–Crippen LogP) is 4.90. The molecule has 0 spiro atoms. The van der Waals surface area contributed by atoms with Crippen LogP contribution in [-0.2, 0) is 38.9 Å². The number of rotatable bonds is 6. The number of aromatic nitrogens is 2. The molecule has 1 saturated heterocycles. The smallest absolute Gasteiger partial charge is 0.410 e. The molecule has 0 unspecified atom stereocenters. The number of aryl methyl sites for hydroxylation is 1. The number of fused-ring (bicyclic) bond motifs is 2. The number of amides is 1. The molecule has 10 nitrogen and oxygen atoms in total. The SMILES string of the molecule is [C-]#[N+]C[C@H]1CN(c2nc(S(C)(=O)=O)nc3c2CO[C@H](c2cccc4cccc(C)c24)C3)CCN1C(=O)OCc1ccccc1. The first kappa shape index (κ1) is 29.5. The molecule has 2 aliphatic rings. The fraction of sp³-hybridized carbons (Fsp3) is 0.333. The molecule has 0 radical (unpaired) electrons. The summed E-state index contributed by atoms with van der Waals surface area (Å²) >= 11 is 0. The van der Waals surface area contributed by atoms with Crippen LogP contribution in [0.15, 0.2) is 71.9 Å². The van der Waals surface area contributed by atoms with E-state index in [0.29, 0.717) is 37.6 Å². The molecule has 4 aromatic rings. The van der Waals surface area contributed by atoms with E-state index in [2.05, 4.69) is 46.0 Å². The van der Waals surface area contributed by atoms with Gasteiger partial charge >= 0.3 is 6.09 Å². The van der Waals surface area contributed by atoms with E-state index in [0.717, 1.165) is 39.3 Å². The lowest BCUT2D eigenvalue weighted by Crippen LogP contribution is -2.57. The molecule has 3 aromatic carbocycles. The van der Waals surface area contributed by atoms with Crippen molar-refractivity contribution in [3.63, 3.8) is 0 Å². The second-order valence-corrected chi connectivity index (χ2v) is 13.1. The summed E-state index contributed by atoms with van der Waals surface area (Å²) in [6.45, 7) is 11.0. The second kappa shape index (κ2) is 12.2. The Kier molecular flexibility index (Phi) is 8.21. The molecule has 2 aliphatic heterocycles. The van der Waals surface area contributed by atoms with Crippen molar-refractivity contribution >= 4 is 32.5 Å². The van der Waals surface area contributed by atoms with Crippen LogP contribution in [0.25, 0.3) is 15.6 Å². The fourth-order valence-corrected chi connectivity index (χ4v) is 6.57. The standard InChI is InChI=1S/C33H33N5O5S/c1-22-9-7-12-24-13-8-14-26(30(22)24)29-17-28-27(21-42-29)31(36-32(35-28)44(3,40)41)37-15-16-38(25(19-37)18-34-2)33(39)43-20-23-10-5-4-6-11-23/h4-14,25,29H,15-21H2,1,3H3/t25-,29-/m0/s1. The van der Waals surface area contributed by atoms with Crippen molar-refractivity contribution in [2.45, 2.75) is 43.9 Å². The molecule has 2 atom stereocenters. The quantitative estimate of drug-likeness (QED) is 0.224. The number of hydrogen-bond acceptors (Lipinski definition) is 8. The Morgan fingerprint density at radius 1 is 1.07 bits per heavy atom. The van der Waals surface area contributed by atoms with E-state index in [1.165, 1.54) is 0 Å². The number of carbonyl (C=O) groups excluding carboxylic acids is 1. The normalized spacial score (nSPS) is 18.5. The van der Waals surface area contributed by atoms with Gasteiger partial charge in [-0.1, -0.05) is 66.7 Å². The summed E-state index contributed by atoms with van der Waals surface area (Å²) in [4.78, 5) is 29.2. The van der Waals surface area contributed by atoms with Crippen molar-refractivity contribution in [3.05, 3.63) is 106 Å². The highest BCUT2D eigenvalue weighted by molar-refractivity contribution is 7.90. The molecule has 0 N–H and O–H groups in total. The Balaban J connectivity index is 1.29. The molecular weight excluding hydrogens is 578 g/mol. The van der Waals surface area contributed by atoms with Crippen LogP contribution in [0.3, 0.4) is 0 Å². The molecule has 11 heteroatoms. The molecular formula is C33H33N5O5S. The zero-order valence-electron chi connectivity index (χ0n) is 24.6. The van der Waals surface area contributed by atoms with E-state index < -0.39 is 22.0 Å². The van der Waals surface area contributed by atoms with Gasteiger partial charge in [0.25, 0.3) is 0 Å². The Morgan fingerprint density at radius 3 is 2.59 bits per heavy atom. The number of nitrogens with zero attached hydrogens (tertiary/aromatic N) is 5. The minimum atomic E-state index is -3.73. The fourth-order valence-electron chi connectivity index (χ4n) is 6.04. The highest BCUT2D eigenvalue weighted by Crippen LogP contribution is 2.38. The van der Waals surface area contributed by atoms with Crippen LogP contribution in [0, 0.1) is 13.5 Å². The zero-order chi connectivity index (χ0) is 30.8. The van der Waals surface area contributed by atoms with Gasteiger partial charge in [0.05, 0.1) is 18.4 Å². The van der Waals surface area contributed by atoms with Crippen molar-refractivity contribution in [1.82, 2.24) is 14.9 Å². The predicted molar refractivity (Wildman–Crippen MR) is 166 cm³/mol. The minimum absolute atomic E-state index is 0.0716. The highest BCUT2D eigenvalue weighted by atomic mass is 32.2. The first-order valence-electron chi connectivity index (χ1n) is 14.5. The van der Waals surface area contributed by atoms with Gasteiger partial charge in [0, 0.05) is 37.9 Å². The number of piperazine rings is 1.